The van der Waals surface area contributed by atoms with E-state index < -0.39 is 0 Å². The van der Waals surface area contributed by atoms with Gasteiger partial charge >= 0.3 is 0 Å². The molecule has 0 aromatic heterocycles. The van der Waals surface area contributed by atoms with Crippen LogP contribution in [0.2, 0.25) is 0 Å². The summed E-state index contributed by atoms with van der Waals surface area (Å²) < 4.78 is 5.21. The van der Waals surface area contributed by atoms with Gasteiger partial charge in [0, 0.05) is 17.3 Å². The lowest BCUT2D eigenvalue weighted by Crippen LogP contribution is -2.32. The number of nitrogens with zero attached hydrogens (tertiary/aromatic N) is 1. The summed E-state index contributed by atoms with van der Waals surface area (Å²) in [4.78, 5) is 11.9. The zero-order chi connectivity index (χ0) is 17.4. The summed E-state index contributed by atoms with van der Waals surface area (Å²) >= 11 is 5.09. The van der Waals surface area contributed by atoms with E-state index in [-0.39, 0.29) is 11.0 Å². The summed E-state index contributed by atoms with van der Waals surface area (Å²) in [5.41, 5.74) is 1.93. The minimum atomic E-state index is -0.366. The molecule has 0 atom stereocenters. The molecule has 2 aromatic carbocycles. The molecule has 0 bridgehead atoms. The topological polar surface area (TPSA) is 74.2 Å². The second-order valence-corrected chi connectivity index (χ2v) is 5.12. The number of hydrogen-bond acceptors (Lipinski definition) is 4. The Labute approximate surface area is 145 Å². The molecule has 0 heterocycles. The lowest BCUT2D eigenvalue weighted by molar-refractivity contribution is -0.115. The molecule has 1 amide bonds. The number of nitrogens with one attached hydrogen (secondary N) is 2. The van der Waals surface area contributed by atoms with Crippen molar-refractivity contribution in [3.8, 4) is 11.8 Å². The first kappa shape index (κ1) is 17.2. The second kappa shape index (κ2) is 8.46. The highest BCUT2D eigenvalue weighted by molar-refractivity contribution is 7.80. The molecule has 2 rings (SSSR count). The van der Waals surface area contributed by atoms with Gasteiger partial charge in [-0.3, -0.25) is 10.1 Å². The Bertz CT molecular complexity index is 825. The van der Waals surface area contributed by atoms with Crippen LogP contribution in [0.25, 0.3) is 6.08 Å². The van der Waals surface area contributed by atoms with Crippen LogP contribution in [0.3, 0.4) is 0 Å². The minimum Gasteiger partial charge on any atom is -0.496 e. The molecule has 5 nitrogen and oxygen atoms in total. The van der Waals surface area contributed by atoms with E-state index >= 15 is 0 Å². The first-order chi connectivity index (χ1) is 11.6. The van der Waals surface area contributed by atoms with Crippen molar-refractivity contribution in [3.05, 3.63) is 65.7 Å². The van der Waals surface area contributed by atoms with Crippen molar-refractivity contribution in [2.24, 2.45) is 0 Å². The summed E-state index contributed by atoms with van der Waals surface area (Å²) in [6.07, 6.45) is 3.02. The van der Waals surface area contributed by atoms with Crippen LogP contribution in [-0.4, -0.2) is 18.1 Å². The highest BCUT2D eigenvalue weighted by Gasteiger charge is 2.03. The molecule has 0 saturated heterocycles. The molecule has 0 unspecified atom stereocenters. The number of carbonyl (C=O) groups excluding carboxylic acids is 1. The van der Waals surface area contributed by atoms with Crippen molar-refractivity contribution in [2.45, 2.75) is 0 Å². The summed E-state index contributed by atoms with van der Waals surface area (Å²) in [5, 5.41) is 14.4. The molecular weight excluding hydrogens is 322 g/mol. The van der Waals surface area contributed by atoms with Crippen LogP contribution in [0.5, 0.6) is 5.75 Å². The van der Waals surface area contributed by atoms with E-state index in [2.05, 4.69) is 10.6 Å². The molecule has 0 aliphatic heterocycles. The third-order valence-corrected chi connectivity index (χ3v) is 3.24. The molecule has 0 spiro atoms. The Kier molecular flexibility index (Phi) is 6.06. The minimum absolute atomic E-state index is 0.153. The van der Waals surface area contributed by atoms with Crippen molar-refractivity contribution in [3.63, 3.8) is 0 Å². The van der Waals surface area contributed by atoms with E-state index in [0.717, 1.165) is 5.56 Å². The number of ether oxygens (including phenoxy) is 1. The van der Waals surface area contributed by atoms with E-state index in [9.17, 15) is 4.79 Å². The smallest absolute Gasteiger partial charge is 0.250 e. The largest absolute Gasteiger partial charge is 0.496 e. The highest BCUT2D eigenvalue weighted by Crippen LogP contribution is 2.18. The predicted molar refractivity (Wildman–Crippen MR) is 97.5 cm³/mol. The fourth-order valence-electron chi connectivity index (χ4n) is 1.95. The Morgan fingerprint density at radius 3 is 2.79 bits per heavy atom. The molecule has 6 heteroatoms. The third-order valence-electron chi connectivity index (χ3n) is 3.04. The van der Waals surface area contributed by atoms with Gasteiger partial charge in [-0.25, -0.2) is 0 Å². The molecule has 0 radical (unpaired) electrons. The molecule has 2 aromatic rings. The van der Waals surface area contributed by atoms with Gasteiger partial charge in [-0.1, -0.05) is 24.3 Å². The van der Waals surface area contributed by atoms with E-state index in [4.69, 9.17) is 22.2 Å². The fourth-order valence-corrected chi connectivity index (χ4v) is 2.17. The maximum atomic E-state index is 11.9. The molecule has 0 aliphatic carbocycles. The molecular formula is C18H15N3O2S. The molecule has 0 fully saturated rings. The van der Waals surface area contributed by atoms with Gasteiger partial charge in [0.25, 0.3) is 0 Å². The van der Waals surface area contributed by atoms with E-state index in [0.29, 0.717) is 17.0 Å². The van der Waals surface area contributed by atoms with Crippen LogP contribution in [0.15, 0.2) is 54.6 Å². The Hall–Kier alpha value is -3.17. The Morgan fingerprint density at radius 2 is 2.04 bits per heavy atom. The Morgan fingerprint density at radius 1 is 1.25 bits per heavy atom. The van der Waals surface area contributed by atoms with Crippen molar-refractivity contribution in [2.75, 3.05) is 12.4 Å². The number of benzene rings is 2. The first-order valence-corrected chi connectivity index (χ1v) is 7.46. The van der Waals surface area contributed by atoms with E-state index in [1.54, 1.807) is 37.5 Å². The number of rotatable bonds is 4. The average Bonchev–Trinajstić information content (AvgIpc) is 2.60. The van der Waals surface area contributed by atoms with Crippen LogP contribution in [-0.2, 0) is 4.79 Å². The lowest BCUT2D eigenvalue weighted by atomic mass is 10.2. The van der Waals surface area contributed by atoms with Crippen molar-refractivity contribution in [1.29, 1.82) is 5.26 Å². The number of methoxy groups -OCH3 is 1. The van der Waals surface area contributed by atoms with E-state index in [1.165, 1.54) is 6.08 Å². The zero-order valence-electron chi connectivity index (χ0n) is 12.9. The molecule has 120 valence electrons. The van der Waals surface area contributed by atoms with E-state index in [1.807, 2.05) is 30.3 Å². The SMILES string of the molecule is COc1ccccc1C=CC(=O)NC(=S)Nc1cccc(C#N)c1. The summed E-state index contributed by atoms with van der Waals surface area (Å²) in [7, 11) is 1.57. The average molecular weight is 337 g/mol. The van der Waals surface area contributed by atoms with Crippen LogP contribution in [0.4, 0.5) is 5.69 Å². The van der Waals surface area contributed by atoms with Crippen molar-refractivity contribution >= 4 is 35.0 Å². The van der Waals surface area contributed by atoms with Gasteiger partial charge in [-0.05, 0) is 42.6 Å². The number of para-hydroxylation sites is 1. The number of amides is 1. The molecule has 24 heavy (non-hydrogen) atoms. The zero-order valence-corrected chi connectivity index (χ0v) is 13.8. The van der Waals surface area contributed by atoms with Gasteiger partial charge in [-0.15, -0.1) is 0 Å². The van der Waals surface area contributed by atoms with Gasteiger partial charge < -0.3 is 10.1 Å². The van der Waals surface area contributed by atoms with Gasteiger partial charge in [0.15, 0.2) is 5.11 Å². The monoisotopic (exact) mass is 337 g/mol. The van der Waals surface area contributed by atoms with Gasteiger partial charge in [0.2, 0.25) is 5.91 Å². The normalized spacial score (nSPS) is 10.0. The van der Waals surface area contributed by atoms with Gasteiger partial charge in [0.05, 0.1) is 18.7 Å². The number of carbonyl (C=O) groups is 1. The van der Waals surface area contributed by atoms with Crippen molar-refractivity contribution in [1.82, 2.24) is 5.32 Å². The maximum absolute atomic E-state index is 11.9. The highest BCUT2D eigenvalue weighted by atomic mass is 32.1. The summed E-state index contributed by atoms with van der Waals surface area (Å²) in [6, 6.07) is 16.2. The molecule has 0 saturated carbocycles. The molecule has 0 aliphatic rings. The van der Waals surface area contributed by atoms with Crippen LogP contribution < -0.4 is 15.4 Å². The van der Waals surface area contributed by atoms with Crippen LogP contribution in [0, 0.1) is 11.3 Å². The first-order valence-electron chi connectivity index (χ1n) is 7.05. The maximum Gasteiger partial charge on any atom is 0.250 e. The summed E-state index contributed by atoms with van der Waals surface area (Å²) in [6.45, 7) is 0. The summed E-state index contributed by atoms with van der Waals surface area (Å²) in [5.74, 6) is 0.311. The second-order valence-electron chi connectivity index (χ2n) is 4.71. The van der Waals surface area contributed by atoms with Crippen molar-refractivity contribution < 1.29 is 9.53 Å². The third kappa shape index (κ3) is 4.93. The fraction of sp³-hybridized carbons (Fsp3) is 0.0556. The predicted octanol–water partition coefficient (Wildman–Crippen LogP) is 3.09. The standard InChI is InChI=1S/C18H15N3O2S/c1-23-16-8-3-2-6-14(16)9-10-17(22)21-18(24)20-15-7-4-5-13(11-15)12-19/h2-11H,1H3,(H2,20,21,22,24). The van der Waals surface area contributed by atoms with Gasteiger partial charge in [-0.2, -0.15) is 5.26 Å². The number of nitriles is 1. The van der Waals surface area contributed by atoms with Gasteiger partial charge in [0.1, 0.15) is 5.75 Å². The molecule has 2 N–H and O–H groups in total. The Balaban J connectivity index is 1.95. The van der Waals surface area contributed by atoms with Crippen LogP contribution in [0.1, 0.15) is 11.1 Å². The number of thiocarbonyl (C=S) groups is 1. The van der Waals surface area contributed by atoms with Crippen LogP contribution >= 0.6 is 12.2 Å². The number of hydrogen-bond donors (Lipinski definition) is 2. The number of anilines is 1. The lowest BCUT2D eigenvalue weighted by Gasteiger charge is -2.08. The quantitative estimate of drug-likeness (QED) is 0.662.